The van der Waals surface area contributed by atoms with Gasteiger partial charge in [-0.25, -0.2) is 4.68 Å². The molecule has 0 spiro atoms. The van der Waals surface area contributed by atoms with Crippen molar-refractivity contribution >= 4 is 29.1 Å². The van der Waals surface area contributed by atoms with E-state index >= 15 is 0 Å². The van der Waals surface area contributed by atoms with Crippen molar-refractivity contribution in [2.75, 3.05) is 26.2 Å². The van der Waals surface area contributed by atoms with Gasteiger partial charge in [-0.1, -0.05) is 48.5 Å². The van der Waals surface area contributed by atoms with E-state index in [-0.39, 0.29) is 30.4 Å². The number of nitrogens with zero attached hydrogens (tertiary/aromatic N) is 3. The number of fused-ring (bicyclic) bond motifs is 1. The molecule has 7 heteroatoms. The molecule has 3 aromatic rings. The van der Waals surface area contributed by atoms with Crippen molar-refractivity contribution in [3.63, 3.8) is 0 Å². The Bertz CT molecular complexity index is 1150. The first-order valence-corrected chi connectivity index (χ1v) is 11.7. The number of piperidine rings is 2. The maximum atomic E-state index is 13.1. The van der Waals surface area contributed by atoms with Crippen LogP contribution in [0.25, 0.3) is 22.0 Å². The lowest BCUT2D eigenvalue weighted by Gasteiger charge is -2.37. The predicted molar refractivity (Wildman–Crippen MR) is 134 cm³/mol. The number of benzene rings is 2. The van der Waals surface area contributed by atoms with Crippen molar-refractivity contribution in [1.29, 1.82) is 0 Å². The zero-order chi connectivity index (χ0) is 21.9. The summed E-state index contributed by atoms with van der Waals surface area (Å²) >= 11 is 0. The Hall–Kier alpha value is -2.70. The Morgan fingerprint density at radius 3 is 2.18 bits per heavy atom. The van der Waals surface area contributed by atoms with Crippen molar-refractivity contribution < 1.29 is 4.79 Å². The molecule has 1 N–H and O–H groups in total. The average molecular weight is 467 g/mol. The van der Waals surface area contributed by atoms with Crippen LogP contribution in [0.15, 0.2) is 59.4 Å². The van der Waals surface area contributed by atoms with E-state index in [9.17, 15) is 9.59 Å². The Morgan fingerprint density at radius 1 is 0.879 bits per heavy atom. The molecule has 6 nitrogen and oxygen atoms in total. The van der Waals surface area contributed by atoms with Crippen molar-refractivity contribution in [2.24, 2.45) is 11.8 Å². The first-order valence-electron chi connectivity index (χ1n) is 11.7. The molecule has 2 fully saturated rings. The molecule has 0 bridgehead atoms. The Kier molecular flexibility index (Phi) is 7.46. The number of halogens is 1. The Labute approximate surface area is 200 Å². The summed E-state index contributed by atoms with van der Waals surface area (Å²) in [5, 5.41) is 9.49. The van der Waals surface area contributed by atoms with Crippen molar-refractivity contribution in [3.05, 3.63) is 65.0 Å². The second kappa shape index (κ2) is 10.5. The van der Waals surface area contributed by atoms with Crippen LogP contribution >= 0.6 is 12.4 Å². The van der Waals surface area contributed by atoms with E-state index in [1.165, 1.54) is 17.5 Å². The molecule has 5 rings (SSSR count). The summed E-state index contributed by atoms with van der Waals surface area (Å²) < 4.78 is 1.35. The minimum atomic E-state index is -0.210. The molecule has 0 aliphatic carbocycles. The number of hydrogen-bond donors (Lipinski definition) is 1. The highest BCUT2D eigenvalue weighted by molar-refractivity contribution is 5.93. The van der Waals surface area contributed by atoms with Crippen molar-refractivity contribution in [2.45, 2.75) is 32.2 Å². The smallest absolute Gasteiger partial charge is 0.275 e. The molecule has 1 aromatic heterocycles. The first-order chi connectivity index (χ1) is 15.7. The fraction of sp³-hybridized carbons (Fsp3) is 0.423. The topological polar surface area (TPSA) is 67.2 Å². The number of nitrogens with one attached hydrogen (secondary N) is 1. The van der Waals surface area contributed by atoms with E-state index in [0.29, 0.717) is 11.3 Å². The predicted octanol–water partition coefficient (Wildman–Crippen LogP) is 3.72. The van der Waals surface area contributed by atoms with Gasteiger partial charge >= 0.3 is 0 Å². The molecule has 0 saturated carbocycles. The normalized spacial score (nSPS) is 17.6. The fourth-order valence-corrected chi connectivity index (χ4v) is 5.32. The lowest BCUT2D eigenvalue weighted by Crippen LogP contribution is -2.44. The van der Waals surface area contributed by atoms with E-state index in [1.54, 1.807) is 0 Å². The third-order valence-corrected chi connectivity index (χ3v) is 7.14. The van der Waals surface area contributed by atoms with Gasteiger partial charge in [0.15, 0.2) is 0 Å². The number of aromatic nitrogens is 2. The zero-order valence-electron chi connectivity index (χ0n) is 18.8. The number of rotatable bonds is 4. The maximum absolute atomic E-state index is 13.1. The van der Waals surface area contributed by atoms with Crippen LogP contribution < -0.4 is 10.9 Å². The van der Waals surface area contributed by atoms with Gasteiger partial charge in [0, 0.05) is 24.0 Å². The highest BCUT2D eigenvalue weighted by Gasteiger charge is 2.29. The summed E-state index contributed by atoms with van der Waals surface area (Å²) in [6.07, 6.45) is 4.62. The van der Waals surface area contributed by atoms with Crippen LogP contribution in [0, 0.1) is 11.8 Å². The summed E-state index contributed by atoms with van der Waals surface area (Å²) in [4.78, 5) is 28.1. The third kappa shape index (κ3) is 4.97. The molecular formula is C26H31ClN4O2. The van der Waals surface area contributed by atoms with Gasteiger partial charge in [-0.15, -0.1) is 12.4 Å². The molecule has 174 valence electrons. The van der Waals surface area contributed by atoms with Gasteiger partial charge in [0.05, 0.1) is 11.1 Å². The zero-order valence-corrected chi connectivity index (χ0v) is 19.6. The number of carbonyl (C=O) groups is 1. The van der Waals surface area contributed by atoms with Crippen molar-refractivity contribution in [3.8, 4) is 11.3 Å². The second-order valence-electron chi connectivity index (χ2n) is 9.03. The van der Waals surface area contributed by atoms with Gasteiger partial charge < -0.3 is 10.2 Å². The Balaban J connectivity index is 0.00000259. The van der Waals surface area contributed by atoms with Gasteiger partial charge in [-0.2, -0.15) is 5.10 Å². The summed E-state index contributed by atoms with van der Waals surface area (Å²) in [5.74, 6) is 1.48. The average Bonchev–Trinajstić information content (AvgIpc) is 2.87. The van der Waals surface area contributed by atoms with Gasteiger partial charge in [0.25, 0.3) is 5.56 Å². The van der Waals surface area contributed by atoms with Crippen LogP contribution in [0.2, 0.25) is 0 Å². The number of likely N-dealkylation sites (tertiary alicyclic amines) is 1. The lowest BCUT2D eigenvalue weighted by atomic mass is 9.79. The molecule has 2 saturated heterocycles. The number of carbonyl (C=O) groups excluding carboxylic acids is 1. The quantitative estimate of drug-likeness (QED) is 0.636. The van der Waals surface area contributed by atoms with Crippen LogP contribution in [0.5, 0.6) is 0 Å². The minimum Gasteiger partial charge on any atom is -0.341 e. The van der Waals surface area contributed by atoms with Gasteiger partial charge in [-0.3, -0.25) is 9.59 Å². The highest BCUT2D eigenvalue weighted by atomic mass is 35.5. The lowest BCUT2D eigenvalue weighted by molar-refractivity contribution is -0.133. The van der Waals surface area contributed by atoms with Crippen LogP contribution in [0.4, 0.5) is 0 Å². The molecule has 1 amide bonds. The van der Waals surface area contributed by atoms with Gasteiger partial charge in [0.2, 0.25) is 5.91 Å². The van der Waals surface area contributed by atoms with Crippen molar-refractivity contribution in [1.82, 2.24) is 20.0 Å². The molecule has 0 unspecified atom stereocenters. The first kappa shape index (κ1) is 23.5. The standard InChI is InChI=1S/C26H30N4O2.ClH/c31-24(29-16-12-20(13-17-29)19-10-14-27-15-11-19)18-30-26(32)23-9-5-4-8-22(23)25(28-30)21-6-2-1-3-7-21;/h1-9,19-20,27H,10-18H2;1H. The van der Waals surface area contributed by atoms with E-state index < -0.39 is 0 Å². The fourth-order valence-electron chi connectivity index (χ4n) is 5.32. The van der Waals surface area contributed by atoms with E-state index in [1.807, 2.05) is 59.5 Å². The van der Waals surface area contributed by atoms with Crippen LogP contribution in [0.3, 0.4) is 0 Å². The van der Waals surface area contributed by atoms with E-state index in [4.69, 9.17) is 0 Å². The van der Waals surface area contributed by atoms with Crippen LogP contribution in [-0.2, 0) is 11.3 Å². The van der Waals surface area contributed by atoms with Crippen LogP contribution in [-0.4, -0.2) is 46.8 Å². The third-order valence-electron chi connectivity index (χ3n) is 7.14. The SMILES string of the molecule is Cl.O=C(Cn1nc(-c2ccccc2)c2ccccc2c1=O)N1CCC(C2CCNCC2)CC1. The highest BCUT2D eigenvalue weighted by Crippen LogP contribution is 2.31. The monoisotopic (exact) mass is 466 g/mol. The van der Waals surface area contributed by atoms with Gasteiger partial charge in [-0.05, 0) is 56.7 Å². The summed E-state index contributed by atoms with van der Waals surface area (Å²) in [7, 11) is 0. The van der Waals surface area contributed by atoms with Gasteiger partial charge in [0.1, 0.15) is 6.54 Å². The molecule has 0 radical (unpaired) electrons. The molecule has 33 heavy (non-hydrogen) atoms. The molecule has 2 aliphatic heterocycles. The molecule has 3 heterocycles. The largest absolute Gasteiger partial charge is 0.341 e. The summed E-state index contributed by atoms with van der Waals surface area (Å²) in [6.45, 7) is 3.78. The van der Waals surface area contributed by atoms with Crippen LogP contribution in [0.1, 0.15) is 25.7 Å². The number of amides is 1. The summed E-state index contributed by atoms with van der Waals surface area (Å²) in [6, 6.07) is 17.3. The van der Waals surface area contributed by atoms with E-state index in [2.05, 4.69) is 10.4 Å². The molecule has 2 aromatic carbocycles. The molecule has 0 atom stereocenters. The second-order valence-corrected chi connectivity index (χ2v) is 9.03. The molecular weight excluding hydrogens is 436 g/mol. The Morgan fingerprint density at radius 2 is 1.48 bits per heavy atom. The van der Waals surface area contributed by atoms with E-state index in [0.717, 1.165) is 61.6 Å². The summed E-state index contributed by atoms with van der Waals surface area (Å²) in [5.41, 5.74) is 1.46. The molecule has 2 aliphatic rings. The maximum Gasteiger partial charge on any atom is 0.275 e. The minimum absolute atomic E-state index is 0. The number of hydrogen-bond acceptors (Lipinski definition) is 4.